The zero-order chi connectivity index (χ0) is 28.8. The maximum absolute atomic E-state index is 14.6. The molecule has 12 heteroatoms. The SMILES string of the molecule is Cc1ccc(F)cc1[C@H]1NC(=O)C[C@@H](c2cc(Cl)ccc2OCCNS(C)(=O)=O)[C@]12C(=O)Nc1cc(Cl)ccc12. The van der Waals surface area contributed by atoms with Crippen molar-refractivity contribution in [1.29, 1.82) is 0 Å². The van der Waals surface area contributed by atoms with Crippen LogP contribution >= 0.6 is 23.2 Å². The molecule has 1 saturated heterocycles. The number of benzene rings is 3. The highest BCUT2D eigenvalue weighted by molar-refractivity contribution is 7.88. The number of halogens is 3. The van der Waals surface area contributed by atoms with Gasteiger partial charge in [0.25, 0.3) is 0 Å². The molecule has 1 spiro atoms. The van der Waals surface area contributed by atoms with Gasteiger partial charge in [0, 0.05) is 40.2 Å². The minimum absolute atomic E-state index is 0.00409. The van der Waals surface area contributed by atoms with Gasteiger partial charge in [-0.2, -0.15) is 0 Å². The largest absolute Gasteiger partial charge is 0.492 e. The van der Waals surface area contributed by atoms with E-state index in [-0.39, 0.29) is 25.5 Å². The quantitative estimate of drug-likeness (QED) is 0.341. The van der Waals surface area contributed by atoms with Crippen molar-refractivity contribution in [3.8, 4) is 5.75 Å². The molecule has 40 heavy (non-hydrogen) atoms. The lowest BCUT2D eigenvalue weighted by Crippen LogP contribution is -2.57. The van der Waals surface area contributed by atoms with Gasteiger partial charge in [0.2, 0.25) is 21.8 Å². The number of anilines is 1. The highest BCUT2D eigenvalue weighted by atomic mass is 35.5. The Morgan fingerprint density at radius 2 is 1.77 bits per heavy atom. The van der Waals surface area contributed by atoms with Gasteiger partial charge in [0.15, 0.2) is 0 Å². The second-order valence-electron chi connectivity index (χ2n) is 9.97. The molecule has 8 nitrogen and oxygen atoms in total. The van der Waals surface area contributed by atoms with Crippen LogP contribution in [-0.4, -0.2) is 39.6 Å². The number of hydrogen-bond acceptors (Lipinski definition) is 5. The summed E-state index contributed by atoms with van der Waals surface area (Å²) < 4.78 is 45.9. The molecule has 2 aliphatic rings. The maximum Gasteiger partial charge on any atom is 0.238 e. The van der Waals surface area contributed by atoms with Crippen molar-refractivity contribution in [2.45, 2.75) is 30.7 Å². The Kier molecular flexibility index (Phi) is 7.56. The van der Waals surface area contributed by atoms with Crippen LogP contribution in [-0.2, 0) is 25.0 Å². The van der Waals surface area contributed by atoms with Gasteiger partial charge in [-0.1, -0.05) is 35.3 Å². The molecule has 2 heterocycles. The molecule has 0 bridgehead atoms. The van der Waals surface area contributed by atoms with Gasteiger partial charge in [-0.15, -0.1) is 0 Å². The van der Waals surface area contributed by atoms with Crippen molar-refractivity contribution >= 4 is 50.7 Å². The Hall–Kier alpha value is -3.18. The van der Waals surface area contributed by atoms with Crippen molar-refractivity contribution in [2.24, 2.45) is 0 Å². The molecule has 0 aliphatic carbocycles. The second-order valence-corrected chi connectivity index (χ2v) is 12.7. The zero-order valence-corrected chi connectivity index (χ0v) is 23.9. The first-order valence-corrected chi connectivity index (χ1v) is 15.1. The average molecular weight is 607 g/mol. The lowest BCUT2D eigenvalue weighted by atomic mass is 9.59. The van der Waals surface area contributed by atoms with Crippen LogP contribution in [0.4, 0.5) is 10.1 Å². The fourth-order valence-electron chi connectivity index (χ4n) is 5.75. The van der Waals surface area contributed by atoms with Crippen molar-refractivity contribution in [2.75, 3.05) is 24.7 Å². The van der Waals surface area contributed by atoms with Crippen LogP contribution in [0.15, 0.2) is 54.6 Å². The fraction of sp³-hybridized carbons (Fsp3) is 0.286. The highest BCUT2D eigenvalue weighted by Gasteiger charge is 2.61. The number of aryl methyl sites for hydroxylation is 1. The molecule has 2 aliphatic heterocycles. The number of amides is 2. The van der Waals surface area contributed by atoms with Crippen LogP contribution < -0.4 is 20.1 Å². The molecular formula is C28H26Cl2FN3O5S. The van der Waals surface area contributed by atoms with Gasteiger partial charge in [-0.25, -0.2) is 17.5 Å². The Labute approximate surface area is 241 Å². The molecule has 2 amide bonds. The molecule has 3 aromatic carbocycles. The molecule has 3 atom stereocenters. The van der Waals surface area contributed by atoms with Gasteiger partial charge in [-0.3, -0.25) is 9.59 Å². The monoisotopic (exact) mass is 605 g/mol. The number of carbonyl (C=O) groups excluding carboxylic acids is 2. The summed E-state index contributed by atoms with van der Waals surface area (Å²) in [7, 11) is -3.43. The third kappa shape index (κ3) is 5.16. The number of sulfonamides is 1. The van der Waals surface area contributed by atoms with E-state index in [1.54, 1.807) is 49.4 Å². The summed E-state index contributed by atoms with van der Waals surface area (Å²) in [5.74, 6) is -1.71. The highest BCUT2D eigenvalue weighted by Crippen LogP contribution is 2.59. The summed E-state index contributed by atoms with van der Waals surface area (Å²) in [6, 6.07) is 13.2. The number of fused-ring (bicyclic) bond motifs is 2. The van der Waals surface area contributed by atoms with E-state index in [1.165, 1.54) is 12.1 Å². The summed E-state index contributed by atoms with van der Waals surface area (Å²) in [6.07, 6.45) is 0.945. The first-order valence-electron chi connectivity index (χ1n) is 12.4. The van der Waals surface area contributed by atoms with Crippen LogP contribution in [0.25, 0.3) is 0 Å². The summed E-state index contributed by atoms with van der Waals surface area (Å²) >= 11 is 12.7. The molecule has 0 aromatic heterocycles. The Bertz CT molecular complexity index is 1630. The molecule has 1 fully saturated rings. The number of ether oxygens (including phenoxy) is 1. The second kappa shape index (κ2) is 10.7. The number of carbonyl (C=O) groups is 2. The van der Waals surface area contributed by atoms with E-state index in [0.29, 0.717) is 43.7 Å². The van der Waals surface area contributed by atoms with Crippen LogP contribution in [0.2, 0.25) is 10.0 Å². The van der Waals surface area contributed by atoms with Crippen molar-refractivity contribution in [1.82, 2.24) is 10.0 Å². The van der Waals surface area contributed by atoms with Crippen LogP contribution in [0.1, 0.15) is 40.6 Å². The van der Waals surface area contributed by atoms with E-state index >= 15 is 0 Å². The Morgan fingerprint density at radius 1 is 1.05 bits per heavy atom. The Morgan fingerprint density at radius 3 is 2.52 bits per heavy atom. The maximum atomic E-state index is 14.6. The van der Waals surface area contributed by atoms with E-state index in [1.807, 2.05) is 0 Å². The predicted molar refractivity (Wildman–Crippen MR) is 151 cm³/mol. The van der Waals surface area contributed by atoms with Crippen LogP contribution in [0.5, 0.6) is 5.75 Å². The molecule has 5 rings (SSSR count). The summed E-state index contributed by atoms with van der Waals surface area (Å²) in [4.78, 5) is 27.5. The Balaban J connectivity index is 1.71. The fourth-order valence-corrected chi connectivity index (χ4v) is 6.56. The van der Waals surface area contributed by atoms with E-state index in [0.717, 1.165) is 6.26 Å². The van der Waals surface area contributed by atoms with E-state index < -0.39 is 39.1 Å². The van der Waals surface area contributed by atoms with Gasteiger partial charge in [-0.05, 0) is 66.1 Å². The molecule has 0 unspecified atom stereocenters. The summed E-state index contributed by atoms with van der Waals surface area (Å²) in [6.45, 7) is 1.78. The van der Waals surface area contributed by atoms with Crippen LogP contribution in [0, 0.1) is 12.7 Å². The molecule has 3 aromatic rings. The van der Waals surface area contributed by atoms with E-state index in [9.17, 15) is 22.4 Å². The lowest BCUT2D eigenvalue weighted by Gasteiger charge is -2.47. The molecule has 210 valence electrons. The number of nitrogens with one attached hydrogen (secondary N) is 3. The van der Waals surface area contributed by atoms with Gasteiger partial charge in [0.05, 0.1) is 12.3 Å². The molecule has 3 N–H and O–H groups in total. The molecular weight excluding hydrogens is 580 g/mol. The van der Waals surface area contributed by atoms with E-state index in [4.69, 9.17) is 27.9 Å². The van der Waals surface area contributed by atoms with Gasteiger partial charge in [0.1, 0.15) is 23.6 Å². The van der Waals surface area contributed by atoms with Crippen molar-refractivity contribution in [3.05, 3.63) is 92.7 Å². The van der Waals surface area contributed by atoms with Gasteiger partial charge >= 0.3 is 0 Å². The third-order valence-corrected chi connectivity index (χ3v) is 8.57. The third-order valence-electron chi connectivity index (χ3n) is 7.37. The first-order chi connectivity index (χ1) is 18.9. The topological polar surface area (TPSA) is 114 Å². The van der Waals surface area contributed by atoms with Gasteiger partial charge < -0.3 is 15.4 Å². The average Bonchev–Trinajstić information content (AvgIpc) is 3.15. The van der Waals surface area contributed by atoms with Crippen LogP contribution in [0.3, 0.4) is 0 Å². The number of hydrogen-bond donors (Lipinski definition) is 3. The normalized spacial score (nSPS) is 22.1. The molecule has 0 saturated carbocycles. The van der Waals surface area contributed by atoms with Crippen molar-refractivity contribution < 1.29 is 27.1 Å². The minimum Gasteiger partial charge on any atom is -0.492 e. The summed E-state index contributed by atoms with van der Waals surface area (Å²) in [5.41, 5.74) is 1.28. The summed E-state index contributed by atoms with van der Waals surface area (Å²) in [5, 5.41) is 6.67. The standard InChI is InChI=1S/C28H26Cl2FN3O5S/c1-15-3-6-18(31)13-19(15)26-28(21-7-4-17(30)12-23(21)33-27(28)36)22(14-25(35)34-26)20-11-16(29)5-8-24(20)39-10-9-32-40(2,37)38/h3-8,11-13,22,26,32H,9-10,14H2,1-2H3,(H,33,36)(H,34,35)/t22-,26+,28-/m0/s1. The van der Waals surface area contributed by atoms with E-state index in [2.05, 4.69) is 15.4 Å². The molecule has 0 radical (unpaired) electrons. The zero-order valence-electron chi connectivity index (χ0n) is 21.6. The number of rotatable bonds is 7. The minimum atomic E-state index is -3.43. The lowest BCUT2D eigenvalue weighted by molar-refractivity contribution is -0.131. The first kappa shape index (κ1) is 28.4. The number of piperidine rings is 1. The smallest absolute Gasteiger partial charge is 0.238 e. The van der Waals surface area contributed by atoms with Crippen molar-refractivity contribution in [3.63, 3.8) is 0 Å². The predicted octanol–water partition coefficient (Wildman–Crippen LogP) is 4.60.